The maximum atomic E-state index is 11.9. The molecule has 0 spiro atoms. The quantitative estimate of drug-likeness (QED) is 0.601. The predicted molar refractivity (Wildman–Crippen MR) is 76.2 cm³/mol. The Morgan fingerprint density at radius 1 is 1.25 bits per heavy atom. The van der Waals surface area contributed by atoms with E-state index in [9.17, 15) is 4.79 Å². The summed E-state index contributed by atoms with van der Waals surface area (Å²) in [4.78, 5) is 27.5. The highest BCUT2D eigenvalue weighted by atomic mass is 16.1. The van der Waals surface area contributed by atoms with Crippen molar-refractivity contribution in [3.8, 4) is 0 Å². The number of imidazole rings is 1. The van der Waals surface area contributed by atoms with Gasteiger partial charge in [0.1, 0.15) is 0 Å². The van der Waals surface area contributed by atoms with Crippen LogP contribution in [-0.4, -0.2) is 26.6 Å². The van der Waals surface area contributed by atoms with Gasteiger partial charge in [-0.05, 0) is 5.56 Å². The number of nitrogens with one attached hydrogen (secondary N) is 2. The van der Waals surface area contributed by atoms with E-state index < -0.39 is 0 Å². The van der Waals surface area contributed by atoms with Crippen LogP contribution in [-0.2, 0) is 6.54 Å². The molecule has 0 radical (unpaired) electrons. The molecule has 0 fully saturated rings. The molecule has 0 amide bonds. The lowest BCUT2D eigenvalue weighted by atomic mass is 10.2. The number of anilines is 1. The SMILES string of the molecule is NCN(Cc1ccccc1)c1nc2nc[nH]c2c(=O)[nH]1. The van der Waals surface area contributed by atoms with Gasteiger partial charge in [0, 0.05) is 6.54 Å². The molecule has 0 aliphatic rings. The Bertz CT molecular complexity index is 763. The molecule has 3 rings (SSSR count). The number of nitrogens with zero attached hydrogens (tertiary/aromatic N) is 3. The van der Waals surface area contributed by atoms with E-state index in [4.69, 9.17) is 5.73 Å². The maximum Gasteiger partial charge on any atom is 0.278 e. The number of hydrogen-bond donors (Lipinski definition) is 3. The van der Waals surface area contributed by atoms with E-state index in [-0.39, 0.29) is 12.2 Å². The Kier molecular flexibility index (Phi) is 3.18. The van der Waals surface area contributed by atoms with Crippen LogP contribution in [0.2, 0.25) is 0 Å². The van der Waals surface area contributed by atoms with Crippen molar-refractivity contribution >= 4 is 17.1 Å². The molecule has 7 nitrogen and oxygen atoms in total. The normalized spacial score (nSPS) is 10.8. The molecule has 4 N–H and O–H groups in total. The highest BCUT2D eigenvalue weighted by Crippen LogP contribution is 2.11. The van der Waals surface area contributed by atoms with Crippen LogP contribution in [0.25, 0.3) is 11.2 Å². The Morgan fingerprint density at radius 2 is 2.05 bits per heavy atom. The van der Waals surface area contributed by atoms with Crippen LogP contribution in [0.3, 0.4) is 0 Å². The number of fused-ring (bicyclic) bond motifs is 1. The number of H-pyrrole nitrogens is 2. The van der Waals surface area contributed by atoms with E-state index in [1.54, 1.807) is 4.90 Å². The van der Waals surface area contributed by atoms with Gasteiger partial charge < -0.3 is 15.6 Å². The zero-order chi connectivity index (χ0) is 13.9. The fourth-order valence-electron chi connectivity index (χ4n) is 2.01. The lowest BCUT2D eigenvalue weighted by Crippen LogP contribution is -2.32. The van der Waals surface area contributed by atoms with Crippen LogP contribution in [0.15, 0.2) is 41.5 Å². The fourth-order valence-corrected chi connectivity index (χ4v) is 2.01. The minimum Gasteiger partial charge on any atom is -0.339 e. The van der Waals surface area contributed by atoms with Crippen LogP contribution in [0, 0.1) is 0 Å². The van der Waals surface area contributed by atoms with Crippen LogP contribution in [0.1, 0.15) is 5.56 Å². The summed E-state index contributed by atoms with van der Waals surface area (Å²) in [7, 11) is 0. The first-order valence-electron chi connectivity index (χ1n) is 6.20. The summed E-state index contributed by atoms with van der Waals surface area (Å²) in [6.45, 7) is 0.809. The minimum absolute atomic E-state index is 0.244. The number of hydrogen-bond acceptors (Lipinski definition) is 5. The number of nitrogens with two attached hydrogens (primary N) is 1. The summed E-state index contributed by atoms with van der Waals surface area (Å²) < 4.78 is 0. The number of aromatic nitrogens is 4. The summed E-state index contributed by atoms with van der Waals surface area (Å²) in [6.07, 6.45) is 1.45. The van der Waals surface area contributed by atoms with Crippen LogP contribution in [0.4, 0.5) is 5.95 Å². The molecule has 2 aromatic heterocycles. The van der Waals surface area contributed by atoms with Crippen molar-refractivity contribution in [3.05, 3.63) is 52.6 Å². The molecule has 102 valence electrons. The summed E-state index contributed by atoms with van der Waals surface area (Å²) in [5, 5.41) is 0. The summed E-state index contributed by atoms with van der Waals surface area (Å²) in [6, 6.07) is 9.85. The topological polar surface area (TPSA) is 104 Å². The fraction of sp³-hybridized carbons (Fsp3) is 0.154. The Labute approximate surface area is 114 Å². The van der Waals surface area contributed by atoms with Crippen molar-refractivity contribution in [1.82, 2.24) is 19.9 Å². The van der Waals surface area contributed by atoms with E-state index in [0.717, 1.165) is 5.56 Å². The van der Waals surface area contributed by atoms with Gasteiger partial charge in [-0.25, -0.2) is 4.98 Å². The molecule has 0 atom stereocenters. The minimum atomic E-state index is -0.256. The Hall–Kier alpha value is -2.67. The smallest absolute Gasteiger partial charge is 0.278 e. The third kappa shape index (κ3) is 2.26. The number of aromatic amines is 2. The molecule has 0 saturated heterocycles. The lowest BCUT2D eigenvalue weighted by molar-refractivity contribution is 0.775. The summed E-state index contributed by atoms with van der Waals surface area (Å²) in [5.74, 6) is 0.418. The third-order valence-electron chi connectivity index (χ3n) is 3.02. The summed E-state index contributed by atoms with van der Waals surface area (Å²) in [5.41, 5.74) is 7.34. The molecule has 0 unspecified atom stereocenters. The lowest BCUT2D eigenvalue weighted by Gasteiger charge is -2.20. The van der Waals surface area contributed by atoms with Crippen LogP contribution >= 0.6 is 0 Å². The van der Waals surface area contributed by atoms with E-state index in [1.807, 2.05) is 30.3 Å². The average Bonchev–Trinajstić information content (AvgIpc) is 2.95. The maximum absolute atomic E-state index is 11.9. The van der Waals surface area contributed by atoms with Crippen molar-refractivity contribution in [2.24, 2.45) is 5.73 Å². The summed E-state index contributed by atoms with van der Waals surface area (Å²) >= 11 is 0. The Morgan fingerprint density at radius 3 is 2.80 bits per heavy atom. The van der Waals surface area contributed by atoms with E-state index in [2.05, 4.69) is 19.9 Å². The monoisotopic (exact) mass is 270 g/mol. The van der Waals surface area contributed by atoms with Gasteiger partial charge in [-0.1, -0.05) is 30.3 Å². The van der Waals surface area contributed by atoms with E-state index in [1.165, 1.54) is 6.33 Å². The van der Waals surface area contributed by atoms with E-state index >= 15 is 0 Å². The molecule has 7 heteroatoms. The number of rotatable bonds is 4. The van der Waals surface area contributed by atoms with E-state index in [0.29, 0.717) is 23.7 Å². The third-order valence-corrected chi connectivity index (χ3v) is 3.02. The molecule has 0 saturated carbocycles. The molecule has 2 heterocycles. The van der Waals surface area contributed by atoms with Crippen molar-refractivity contribution in [2.75, 3.05) is 11.6 Å². The second kappa shape index (κ2) is 5.14. The predicted octanol–water partition coefficient (Wildman–Crippen LogP) is 0.569. The molecular weight excluding hydrogens is 256 g/mol. The second-order valence-electron chi connectivity index (χ2n) is 4.36. The van der Waals surface area contributed by atoms with Gasteiger partial charge in [0.15, 0.2) is 11.2 Å². The molecule has 1 aromatic carbocycles. The van der Waals surface area contributed by atoms with Gasteiger partial charge in [0.25, 0.3) is 5.56 Å². The first kappa shape index (κ1) is 12.4. The molecule has 3 aromatic rings. The van der Waals surface area contributed by atoms with Gasteiger partial charge in [-0.15, -0.1) is 0 Å². The van der Waals surface area contributed by atoms with Crippen molar-refractivity contribution in [1.29, 1.82) is 0 Å². The average molecular weight is 270 g/mol. The van der Waals surface area contributed by atoms with Crippen LogP contribution < -0.4 is 16.2 Å². The van der Waals surface area contributed by atoms with Gasteiger partial charge >= 0.3 is 0 Å². The standard InChI is InChI=1S/C13H14N6O/c14-7-19(6-9-4-2-1-3-5-9)13-17-11-10(12(20)18-13)15-8-16-11/h1-5,8H,6-7,14H2,(H2,15,16,17,18,20). The van der Waals surface area contributed by atoms with Crippen LogP contribution in [0.5, 0.6) is 0 Å². The Balaban J connectivity index is 1.96. The van der Waals surface area contributed by atoms with Crippen molar-refractivity contribution in [2.45, 2.75) is 6.54 Å². The highest BCUT2D eigenvalue weighted by Gasteiger charge is 2.11. The molecule has 20 heavy (non-hydrogen) atoms. The van der Waals surface area contributed by atoms with Gasteiger partial charge in [0.2, 0.25) is 5.95 Å². The first-order valence-corrected chi connectivity index (χ1v) is 6.20. The van der Waals surface area contributed by atoms with Gasteiger partial charge in [0.05, 0.1) is 13.0 Å². The van der Waals surface area contributed by atoms with Gasteiger partial charge in [-0.2, -0.15) is 4.98 Å². The second-order valence-corrected chi connectivity index (χ2v) is 4.36. The molecule has 0 aliphatic carbocycles. The number of benzene rings is 1. The highest BCUT2D eigenvalue weighted by molar-refractivity contribution is 5.69. The first-order chi connectivity index (χ1) is 9.78. The molecule has 0 aliphatic heterocycles. The van der Waals surface area contributed by atoms with Crippen molar-refractivity contribution < 1.29 is 0 Å². The zero-order valence-corrected chi connectivity index (χ0v) is 10.7. The van der Waals surface area contributed by atoms with Crippen molar-refractivity contribution in [3.63, 3.8) is 0 Å². The van der Waals surface area contributed by atoms with Gasteiger partial charge in [-0.3, -0.25) is 9.78 Å². The molecular formula is C13H14N6O. The largest absolute Gasteiger partial charge is 0.339 e. The zero-order valence-electron chi connectivity index (χ0n) is 10.7. The molecule has 0 bridgehead atoms.